The Morgan fingerprint density at radius 2 is 2.23 bits per heavy atom. The molecule has 0 fully saturated rings. The molecular weight excluding hydrogens is 250 g/mol. The van der Waals surface area contributed by atoms with E-state index < -0.39 is 0 Å². The second kappa shape index (κ2) is 5.10. The first-order chi connectivity index (χ1) is 6.11. The van der Waals surface area contributed by atoms with Crippen molar-refractivity contribution in [2.45, 2.75) is 26.0 Å². The first-order valence-electron chi connectivity index (χ1n) is 4.20. The highest BCUT2D eigenvalue weighted by atomic mass is 79.9. The van der Waals surface area contributed by atoms with Gasteiger partial charge in [-0.25, -0.2) is 0 Å². The van der Waals surface area contributed by atoms with Gasteiger partial charge in [0.25, 0.3) is 0 Å². The van der Waals surface area contributed by atoms with Gasteiger partial charge < -0.3 is 10.5 Å². The van der Waals surface area contributed by atoms with Crippen molar-refractivity contribution in [2.75, 3.05) is 6.61 Å². The molecule has 0 aromatic carbocycles. The summed E-state index contributed by atoms with van der Waals surface area (Å²) in [5.74, 6) is 0. The maximum Gasteiger partial charge on any atom is 0.0663 e. The zero-order chi connectivity index (χ0) is 9.84. The summed E-state index contributed by atoms with van der Waals surface area (Å²) in [5, 5.41) is 4.09. The van der Waals surface area contributed by atoms with Crippen LogP contribution in [0.1, 0.15) is 25.5 Å². The minimum absolute atomic E-state index is 0.0250. The van der Waals surface area contributed by atoms with Crippen LogP contribution < -0.4 is 5.73 Å². The van der Waals surface area contributed by atoms with E-state index in [-0.39, 0.29) is 12.1 Å². The molecular formula is C9H14BrNOS. The van der Waals surface area contributed by atoms with E-state index in [4.69, 9.17) is 10.5 Å². The van der Waals surface area contributed by atoms with Crippen LogP contribution in [0, 0.1) is 0 Å². The van der Waals surface area contributed by atoms with Crippen molar-refractivity contribution < 1.29 is 4.74 Å². The predicted molar refractivity (Wildman–Crippen MR) is 60.0 cm³/mol. The van der Waals surface area contributed by atoms with Crippen molar-refractivity contribution in [1.82, 2.24) is 0 Å². The number of ether oxygens (including phenoxy) is 1. The molecule has 2 N–H and O–H groups in total. The summed E-state index contributed by atoms with van der Waals surface area (Å²) in [6.45, 7) is 4.60. The maximum absolute atomic E-state index is 5.94. The Balaban J connectivity index is 2.49. The molecule has 2 nitrogen and oxygen atoms in total. The minimum atomic E-state index is -0.0250. The molecule has 0 amide bonds. The molecule has 13 heavy (non-hydrogen) atoms. The van der Waals surface area contributed by atoms with Gasteiger partial charge in [0.1, 0.15) is 0 Å². The molecule has 0 saturated carbocycles. The van der Waals surface area contributed by atoms with Crippen LogP contribution in [0.2, 0.25) is 0 Å². The van der Waals surface area contributed by atoms with Crippen molar-refractivity contribution in [3.8, 4) is 0 Å². The molecule has 74 valence electrons. The molecule has 0 aliphatic rings. The summed E-state index contributed by atoms with van der Waals surface area (Å²) in [4.78, 5) is 0. The van der Waals surface area contributed by atoms with Crippen LogP contribution in [0.5, 0.6) is 0 Å². The number of hydrogen-bond donors (Lipinski definition) is 1. The van der Waals surface area contributed by atoms with Gasteiger partial charge in [0.2, 0.25) is 0 Å². The van der Waals surface area contributed by atoms with E-state index in [1.54, 1.807) is 11.3 Å². The Morgan fingerprint density at radius 3 is 2.69 bits per heavy atom. The van der Waals surface area contributed by atoms with E-state index in [2.05, 4.69) is 21.3 Å². The molecule has 0 saturated heterocycles. The van der Waals surface area contributed by atoms with Crippen LogP contribution in [-0.2, 0) is 4.74 Å². The number of thiophene rings is 1. The van der Waals surface area contributed by atoms with Gasteiger partial charge in [-0.2, -0.15) is 11.3 Å². The van der Waals surface area contributed by atoms with Gasteiger partial charge >= 0.3 is 0 Å². The fourth-order valence-corrected chi connectivity index (χ4v) is 2.60. The third-order valence-corrected chi connectivity index (χ3v) is 3.40. The highest BCUT2D eigenvalue weighted by Crippen LogP contribution is 2.26. The van der Waals surface area contributed by atoms with Crippen LogP contribution in [0.15, 0.2) is 15.2 Å². The van der Waals surface area contributed by atoms with Crippen molar-refractivity contribution in [2.24, 2.45) is 5.73 Å². The second-order valence-corrected chi connectivity index (χ2v) is 4.76. The normalized spacial score (nSPS) is 13.6. The third kappa shape index (κ3) is 3.38. The average Bonchev–Trinajstić information content (AvgIpc) is 2.47. The summed E-state index contributed by atoms with van der Waals surface area (Å²) in [5.41, 5.74) is 7.07. The zero-order valence-electron chi connectivity index (χ0n) is 7.79. The van der Waals surface area contributed by atoms with E-state index in [9.17, 15) is 0 Å². The standard InChI is InChI=1S/C9H14BrNOS/c1-6(2)12-3-9(11)7-4-13-5-8(7)10/h4-6,9H,3,11H2,1-2H3. The topological polar surface area (TPSA) is 35.2 Å². The summed E-state index contributed by atoms with van der Waals surface area (Å²) in [6, 6.07) is -0.0250. The molecule has 0 radical (unpaired) electrons. The predicted octanol–water partition coefficient (Wildman–Crippen LogP) is 2.94. The Morgan fingerprint density at radius 1 is 1.54 bits per heavy atom. The van der Waals surface area contributed by atoms with Crippen molar-refractivity contribution >= 4 is 27.3 Å². The summed E-state index contributed by atoms with van der Waals surface area (Å²) >= 11 is 5.10. The average molecular weight is 264 g/mol. The maximum atomic E-state index is 5.94. The van der Waals surface area contributed by atoms with E-state index in [1.807, 2.05) is 19.2 Å². The van der Waals surface area contributed by atoms with E-state index in [0.717, 1.165) is 10.0 Å². The van der Waals surface area contributed by atoms with Gasteiger partial charge in [-0.3, -0.25) is 0 Å². The molecule has 0 aliphatic heterocycles. The molecule has 0 spiro atoms. The van der Waals surface area contributed by atoms with Crippen molar-refractivity contribution in [1.29, 1.82) is 0 Å². The molecule has 1 heterocycles. The highest BCUT2D eigenvalue weighted by Gasteiger charge is 2.11. The fourth-order valence-electron chi connectivity index (χ4n) is 0.942. The highest BCUT2D eigenvalue weighted by molar-refractivity contribution is 9.10. The van der Waals surface area contributed by atoms with Gasteiger partial charge in [0.05, 0.1) is 18.8 Å². The van der Waals surface area contributed by atoms with Crippen molar-refractivity contribution in [3.05, 3.63) is 20.8 Å². The fraction of sp³-hybridized carbons (Fsp3) is 0.556. The molecule has 1 aromatic rings. The van der Waals surface area contributed by atoms with Crippen molar-refractivity contribution in [3.63, 3.8) is 0 Å². The molecule has 1 aromatic heterocycles. The van der Waals surface area contributed by atoms with Gasteiger partial charge in [-0.15, -0.1) is 0 Å². The number of nitrogens with two attached hydrogens (primary N) is 1. The molecule has 1 atom stereocenters. The quantitative estimate of drug-likeness (QED) is 0.907. The van der Waals surface area contributed by atoms with Crippen LogP contribution in [0.3, 0.4) is 0 Å². The number of rotatable bonds is 4. The van der Waals surface area contributed by atoms with Crippen LogP contribution in [0.25, 0.3) is 0 Å². The van der Waals surface area contributed by atoms with E-state index in [1.165, 1.54) is 0 Å². The lowest BCUT2D eigenvalue weighted by atomic mass is 10.2. The lowest BCUT2D eigenvalue weighted by Gasteiger charge is -2.13. The molecule has 1 unspecified atom stereocenters. The van der Waals surface area contributed by atoms with Gasteiger partial charge in [-0.05, 0) is 40.7 Å². The molecule has 0 bridgehead atoms. The monoisotopic (exact) mass is 263 g/mol. The van der Waals surface area contributed by atoms with Crippen LogP contribution >= 0.6 is 27.3 Å². The Labute approximate surface area is 91.2 Å². The van der Waals surface area contributed by atoms with Crippen LogP contribution in [0.4, 0.5) is 0 Å². The second-order valence-electron chi connectivity index (χ2n) is 3.16. The lowest BCUT2D eigenvalue weighted by Crippen LogP contribution is -2.19. The summed E-state index contributed by atoms with van der Waals surface area (Å²) < 4.78 is 6.52. The Kier molecular flexibility index (Phi) is 4.38. The summed E-state index contributed by atoms with van der Waals surface area (Å²) in [6.07, 6.45) is 0.239. The first kappa shape index (κ1) is 11.2. The smallest absolute Gasteiger partial charge is 0.0663 e. The summed E-state index contributed by atoms with van der Waals surface area (Å²) in [7, 11) is 0. The Hall–Kier alpha value is 0.100. The number of hydrogen-bond acceptors (Lipinski definition) is 3. The van der Waals surface area contributed by atoms with E-state index >= 15 is 0 Å². The van der Waals surface area contributed by atoms with Gasteiger partial charge in [0.15, 0.2) is 0 Å². The molecule has 0 aliphatic carbocycles. The van der Waals surface area contributed by atoms with Gasteiger partial charge in [0, 0.05) is 9.85 Å². The SMILES string of the molecule is CC(C)OCC(N)c1cscc1Br. The van der Waals surface area contributed by atoms with Crippen LogP contribution in [-0.4, -0.2) is 12.7 Å². The zero-order valence-corrected chi connectivity index (χ0v) is 10.2. The van der Waals surface area contributed by atoms with Gasteiger partial charge in [-0.1, -0.05) is 0 Å². The number of halogens is 1. The van der Waals surface area contributed by atoms with E-state index in [0.29, 0.717) is 6.61 Å². The molecule has 4 heteroatoms. The first-order valence-corrected chi connectivity index (χ1v) is 5.93. The minimum Gasteiger partial charge on any atom is -0.377 e. The largest absolute Gasteiger partial charge is 0.377 e. The third-order valence-electron chi connectivity index (χ3n) is 1.65. The molecule has 1 rings (SSSR count). The Bertz CT molecular complexity index is 262. The lowest BCUT2D eigenvalue weighted by molar-refractivity contribution is 0.0683.